The molecular weight excluding hydrogens is 228 g/mol. The van der Waals surface area contributed by atoms with E-state index in [2.05, 4.69) is 10.6 Å². The first kappa shape index (κ1) is 11.8. The summed E-state index contributed by atoms with van der Waals surface area (Å²) >= 11 is 0. The molecule has 0 spiro atoms. The largest absolute Gasteiger partial charge is 0.469 e. The van der Waals surface area contributed by atoms with E-state index < -0.39 is 0 Å². The maximum atomic E-state index is 12.2. The molecule has 4 heteroatoms. The Bertz CT molecular complexity index is 429. The van der Waals surface area contributed by atoms with E-state index in [1.165, 1.54) is 12.8 Å². The molecule has 1 aromatic heterocycles. The van der Waals surface area contributed by atoms with Gasteiger partial charge in [-0.3, -0.25) is 4.79 Å². The van der Waals surface area contributed by atoms with Gasteiger partial charge in [0.25, 0.3) is 5.91 Å². The lowest BCUT2D eigenvalue weighted by Crippen LogP contribution is -2.48. The number of hydrogen-bond donors (Lipinski definition) is 2. The molecule has 2 N–H and O–H groups in total. The molecule has 2 saturated heterocycles. The fraction of sp³-hybridized carbons (Fsp3) is 0.643. The summed E-state index contributed by atoms with van der Waals surface area (Å²) in [5.74, 6) is 0.802. The predicted octanol–water partition coefficient (Wildman–Crippen LogP) is 1.85. The quantitative estimate of drug-likeness (QED) is 0.858. The summed E-state index contributed by atoms with van der Waals surface area (Å²) in [4.78, 5) is 12.2. The third-order valence-electron chi connectivity index (χ3n) is 4.12. The molecule has 3 heterocycles. The minimum atomic E-state index is 0.0203. The lowest BCUT2D eigenvalue weighted by molar-refractivity contribution is 0.0922. The Balaban J connectivity index is 1.64. The molecule has 2 bridgehead atoms. The average Bonchev–Trinajstić information content (AvgIpc) is 2.95. The summed E-state index contributed by atoms with van der Waals surface area (Å²) in [7, 11) is 0. The molecule has 2 unspecified atom stereocenters. The lowest BCUT2D eigenvalue weighted by atomic mass is 9.99. The molecule has 2 aliphatic rings. The molecule has 3 rings (SSSR count). The van der Waals surface area contributed by atoms with E-state index in [9.17, 15) is 4.79 Å². The van der Waals surface area contributed by atoms with Gasteiger partial charge in [-0.15, -0.1) is 0 Å². The number of carbonyl (C=O) groups is 1. The third kappa shape index (κ3) is 2.17. The number of fused-ring (bicyclic) bond motifs is 2. The topological polar surface area (TPSA) is 54.3 Å². The van der Waals surface area contributed by atoms with Crippen LogP contribution in [-0.2, 0) is 6.42 Å². The van der Waals surface area contributed by atoms with Crippen molar-refractivity contribution in [1.82, 2.24) is 10.6 Å². The first-order valence-corrected chi connectivity index (χ1v) is 6.89. The summed E-state index contributed by atoms with van der Waals surface area (Å²) in [6.07, 6.45) is 6.97. The highest BCUT2D eigenvalue weighted by Gasteiger charge is 2.34. The fourth-order valence-electron chi connectivity index (χ4n) is 3.25. The van der Waals surface area contributed by atoms with E-state index in [0.29, 0.717) is 23.7 Å². The van der Waals surface area contributed by atoms with Crippen molar-refractivity contribution in [3.8, 4) is 0 Å². The Kier molecular flexibility index (Phi) is 3.12. The molecule has 18 heavy (non-hydrogen) atoms. The van der Waals surface area contributed by atoms with Crippen LogP contribution in [-0.4, -0.2) is 24.0 Å². The Morgan fingerprint density at radius 1 is 1.44 bits per heavy atom. The van der Waals surface area contributed by atoms with Crippen LogP contribution in [0.5, 0.6) is 0 Å². The van der Waals surface area contributed by atoms with Gasteiger partial charge >= 0.3 is 0 Å². The van der Waals surface area contributed by atoms with Crippen LogP contribution in [0.3, 0.4) is 0 Å². The normalized spacial score (nSPS) is 30.4. The molecule has 2 atom stereocenters. The van der Waals surface area contributed by atoms with Crippen LogP contribution in [0.2, 0.25) is 0 Å². The molecule has 1 amide bonds. The predicted molar refractivity (Wildman–Crippen MR) is 68.5 cm³/mol. The van der Waals surface area contributed by atoms with Gasteiger partial charge in [-0.1, -0.05) is 6.92 Å². The maximum absolute atomic E-state index is 12.2. The van der Waals surface area contributed by atoms with Crippen molar-refractivity contribution in [1.29, 1.82) is 0 Å². The van der Waals surface area contributed by atoms with Crippen molar-refractivity contribution in [3.63, 3.8) is 0 Å². The molecule has 0 saturated carbocycles. The van der Waals surface area contributed by atoms with Gasteiger partial charge in [0.2, 0.25) is 0 Å². The van der Waals surface area contributed by atoms with Gasteiger partial charge in [-0.05, 0) is 31.7 Å². The minimum Gasteiger partial charge on any atom is -0.469 e. The number of aryl methyl sites for hydroxylation is 1. The van der Waals surface area contributed by atoms with Gasteiger partial charge in [0.15, 0.2) is 0 Å². The molecule has 0 aliphatic carbocycles. The first-order chi connectivity index (χ1) is 8.76. The van der Waals surface area contributed by atoms with E-state index in [1.54, 1.807) is 12.3 Å². The van der Waals surface area contributed by atoms with Crippen molar-refractivity contribution >= 4 is 5.91 Å². The summed E-state index contributed by atoms with van der Waals surface area (Å²) in [6, 6.07) is 3.29. The van der Waals surface area contributed by atoms with Gasteiger partial charge in [0, 0.05) is 24.5 Å². The number of piperidine rings is 1. The summed E-state index contributed by atoms with van der Waals surface area (Å²) < 4.78 is 5.31. The second-order valence-corrected chi connectivity index (χ2v) is 5.39. The van der Waals surface area contributed by atoms with Gasteiger partial charge in [-0.2, -0.15) is 0 Å². The third-order valence-corrected chi connectivity index (χ3v) is 4.12. The van der Waals surface area contributed by atoms with Gasteiger partial charge < -0.3 is 15.1 Å². The van der Waals surface area contributed by atoms with E-state index in [4.69, 9.17) is 4.42 Å². The SMILES string of the molecule is CCc1occc1C(=O)NC1CC2CCC(C1)N2. The zero-order chi connectivity index (χ0) is 12.5. The highest BCUT2D eigenvalue weighted by Crippen LogP contribution is 2.27. The Morgan fingerprint density at radius 3 is 2.83 bits per heavy atom. The molecule has 2 aliphatic heterocycles. The van der Waals surface area contributed by atoms with E-state index >= 15 is 0 Å². The Labute approximate surface area is 107 Å². The molecule has 1 aromatic rings. The van der Waals surface area contributed by atoms with Crippen LogP contribution < -0.4 is 10.6 Å². The van der Waals surface area contributed by atoms with Crippen LogP contribution >= 0.6 is 0 Å². The lowest BCUT2D eigenvalue weighted by Gasteiger charge is -2.29. The van der Waals surface area contributed by atoms with Gasteiger partial charge in [0.1, 0.15) is 5.76 Å². The summed E-state index contributed by atoms with van der Waals surface area (Å²) in [6.45, 7) is 2.00. The number of furan rings is 1. The van der Waals surface area contributed by atoms with Crippen LogP contribution in [0.15, 0.2) is 16.7 Å². The smallest absolute Gasteiger partial charge is 0.255 e. The summed E-state index contributed by atoms with van der Waals surface area (Å²) in [5.41, 5.74) is 0.698. The fourth-order valence-corrected chi connectivity index (χ4v) is 3.25. The van der Waals surface area contributed by atoms with Crippen LogP contribution in [0, 0.1) is 0 Å². The van der Waals surface area contributed by atoms with Crippen LogP contribution in [0.4, 0.5) is 0 Å². The molecule has 0 radical (unpaired) electrons. The number of rotatable bonds is 3. The second kappa shape index (κ2) is 4.76. The first-order valence-electron chi connectivity index (χ1n) is 6.89. The van der Waals surface area contributed by atoms with Crippen LogP contribution in [0.25, 0.3) is 0 Å². The van der Waals surface area contributed by atoms with Crippen molar-refractivity contribution in [3.05, 3.63) is 23.7 Å². The molecule has 2 fully saturated rings. The average molecular weight is 248 g/mol. The number of hydrogen-bond acceptors (Lipinski definition) is 3. The van der Waals surface area contributed by atoms with Gasteiger partial charge in [0.05, 0.1) is 11.8 Å². The molecule has 4 nitrogen and oxygen atoms in total. The summed E-state index contributed by atoms with van der Waals surface area (Å²) in [5, 5.41) is 6.74. The minimum absolute atomic E-state index is 0.0203. The van der Waals surface area contributed by atoms with Crippen molar-refractivity contribution in [2.45, 2.75) is 57.2 Å². The maximum Gasteiger partial charge on any atom is 0.255 e. The zero-order valence-electron chi connectivity index (χ0n) is 10.7. The Morgan fingerprint density at radius 2 is 2.17 bits per heavy atom. The van der Waals surface area contributed by atoms with Crippen molar-refractivity contribution < 1.29 is 9.21 Å². The zero-order valence-corrected chi connectivity index (χ0v) is 10.7. The van der Waals surface area contributed by atoms with Crippen LogP contribution in [0.1, 0.15) is 48.7 Å². The second-order valence-electron chi connectivity index (χ2n) is 5.39. The number of amides is 1. The molecule has 98 valence electrons. The molecule has 0 aromatic carbocycles. The Hall–Kier alpha value is -1.29. The van der Waals surface area contributed by atoms with Gasteiger partial charge in [-0.25, -0.2) is 0 Å². The van der Waals surface area contributed by atoms with E-state index in [-0.39, 0.29) is 5.91 Å². The number of nitrogens with one attached hydrogen (secondary N) is 2. The molecular formula is C14H20N2O2. The highest BCUT2D eigenvalue weighted by molar-refractivity contribution is 5.95. The van der Waals surface area contributed by atoms with Crippen molar-refractivity contribution in [2.75, 3.05) is 0 Å². The highest BCUT2D eigenvalue weighted by atomic mass is 16.3. The number of carbonyl (C=O) groups excluding carboxylic acids is 1. The van der Waals surface area contributed by atoms with Crippen molar-refractivity contribution in [2.24, 2.45) is 0 Å². The monoisotopic (exact) mass is 248 g/mol. The standard InChI is InChI=1S/C14H20N2O2/c1-2-13-12(5-6-18-13)14(17)16-11-7-9-3-4-10(8-11)15-9/h5-6,9-11,15H,2-4,7-8H2,1H3,(H,16,17). The van der Waals surface area contributed by atoms with E-state index in [0.717, 1.165) is 25.0 Å². The van der Waals surface area contributed by atoms with E-state index in [1.807, 2.05) is 6.92 Å².